The molecule has 0 radical (unpaired) electrons. The third-order valence-electron chi connectivity index (χ3n) is 3.71. The normalized spacial score (nSPS) is 21.2. The number of carbonyl (C=O) groups excluding carboxylic acids is 1. The Hall–Kier alpha value is -1.02. The van der Waals surface area contributed by atoms with Crippen LogP contribution in [0.4, 0.5) is 0 Å². The highest BCUT2D eigenvalue weighted by molar-refractivity contribution is 6.31. The molecule has 1 aliphatic rings. The Bertz CT molecular complexity index is 440. The molecule has 0 heterocycles. The van der Waals surface area contributed by atoms with Gasteiger partial charge < -0.3 is 4.90 Å². The van der Waals surface area contributed by atoms with Crippen molar-refractivity contribution >= 4 is 17.5 Å². The van der Waals surface area contributed by atoms with E-state index < -0.39 is 0 Å². The molecule has 19 heavy (non-hydrogen) atoms. The SMILES string of the molecule is CCCN(CCC)C(=O)C1CC1c1ccccc1Cl. The fraction of sp³-hybridized carbons (Fsp3) is 0.562. The Kier molecular flexibility index (Phi) is 4.87. The first-order valence-corrected chi connectivity index (χ1v) is 7.60. The summed E-state index contributed by atoms with van der Waals surface area (Å²) < 4.78 is 0. The number of hydrogen-bond acceptors (Lipinski definition) is 1. The molecule has 0 aliphatic heterocycles. The van der Waals surface area contributed by atoms with Gasteiger partial charge in [-0.2, -0.15) is 0 Å². The molecule has 1 amide bonds. The lowest BCUT2D eigenvalue weighted by Crippen LogP contribution is -2.34. The van der Waals surface area contributed by atoms with Crippen LogP contribution in [0.1, 0.15) is 44.6 Å². The van der Waals surface area contributed by atoms with Crippen LogP contribution in [0, 0.1) is 5.92 Å². The van der Waals surface area contributed by atoms with Gasteiger partial charge in [-0.3, -0.25) is 4.79 Å². The molecule has 1 saturated carbocycles. The van der Waals surface area contributed by atoms with Gasteiger partial charge in [-0.15, -0.1) is 0 Å². The molecule has 0 N–H and O–H groups in total. The predicted octanol–water partition coefficient (Wildman–Crippen LogP) is 4.09. The number of carbonyl (C=O) groups is 1. The summed E-state index contributed by atoms with van der Waals surface area (Å²) in [6.07, 6.45) is 3.00. The molecule has 0 spiro atoms. The summed E-state index contributed by atoms with van der Waals surface area (Å²) in [7, 11) is 0. The smallest absolute Gasteiger partial charge is 0.226 e. The number of hydrogen-bond donors (Lipinski definition) is 0. The molecule has 1 aromatic rings. The Balaban J connectivity index is 2.01. The first-order valence-electron chi connectivity index (χ1n) is 7.22. The zero-order valence-corrected chi connectivity index (χ0v) is 12.5. The second kappa shape index (κ2) is 6.42. The zero-order valence-electron chi connectivity index (χ0n) is 11.7. The van der Waals surface area contributed by atoms with E-state index in [4.69, 9.17) is 11.6 Å². The van der Waals surface area contributed by atoms with Crippen molar-refractivity contribution < 1.29 is 4.79 Å². The molecule has 2 nitrogen and oxygen atoms in total. The summed E-state index contributed by atoms with van der Waals surface area (Å²) in [4.78, 5) is 14.5. The first-order chi connectivity index (χ1) is 9.19. The van der Waals surface area contributed by atoms with Crippen LogP contribution in [0.2, 0.25) is 5.02 Å². The molecule has 3 heteroatoms. The number of rotatable bonds is 6. The molecule has 0 saturated heterocycles. The Morgan fingerprint density at radius 3 is 2.47 bits per heavy atom. The third kappa shape index (κ3) is 3.30. The van der Waals surface area contributed by atoms with Gasteiger partial charge in [0.2, 0.25) is 5.91 Å². The van der Waals surface area contributed by atoms with Crippen molar-refractivity contribution in [2.24, 2.45) is 5.92 Å². The summed E-state index contributed by atoms with van der Waals surface area (Å²) in [6.45, 7) is 5.99. The fourth-order valence-corrected chi connectivity index (χ4v) is 2.97. The molecular formula is C16H22ClNO. The van der Waals surface area contributed by atoms with Crippen LogP contribution in [0.3, 0.4) is 0 Å². The van der Waals surface area contributed by atoms with Crippen molar-refractivity contribution in [2.75, 3.05) is 13.1 Å². The molecule has 0 aromatic heterocycles. The van der Waals surface area contributed by atoms with E-state index in [9.17, 15) is 4.79 Å². The highest BCUT2D eigenvalue weighted by Gasteiger charge is 2.46. The standard InChI is InChI=1S/C16H22ClNO/c1-3-9-18(10-4-2)16(19)14-11-13(14)12-7-5-6-8-15(12)17/h5-8,13-14H,3-4,9-11H2,1-2H3. The van der Waals surface area contributed by atoms with Crippen molar-refractivity contribution in [2.45, 2.75) is 39.0 Å². The van der Waals surface area contributed by atoms with Crippen molar-refractivity contribution in [3.63, 3.8) is 0 Å². The van der Waals surface area contributed by atoms with Crippen LogP contribution in [0.25, 0.3) is 0 Å². The summed E-state index contributed by atoms with van der Waals surface area (Å²) in [5, 5.41) is 0.792. The number of nitrogens with zero attached hydrogens (tertiary/aromatic N) is 1. The summed E-state index contributed by atoms with van der Waals surface area (Å²) in [5.41, 5.74) is 1.13. The minimum atomic E-state index is 0.151. The number of amides is 1. The van der Waals surface area contributed by atoms with Crippen LogP contribution in [0.5, 0.6) is 0 Å². The van der Waals surface area contributed by atoms with Gasteiger partial charge in [0.1, 0.15) is 0 Å². The van der Waals surface area contributed by atoms with E-state index in [-0.39, 0.29) is 5.92 Å². The van der Waals surface area contributed by atoms with Gasteiger partial charge in [-0.1, -0.05) is 43.6 Å². The highest BCUT2D eigenvalue weighted by atomic mass is 35.5. The minimum Gasteiger partial charge on any atom is -0.342 e. The first kappa shape index (κ1) is 14.4. The van der Waals surface area contributed by atoms with E-state index in [1.54, 1.807) is 0 Å². The molecule has 2 atom stereocenters. The van der Waals surface area contributed by atoms with Crippen LogP contribution >= 0.6 is 11.6 Å². The molecule has 0 bridgehead atoms. The van der Waals surface area contributed by atoms with E-state index in [1.165, 1.54) is 0 Å². The minimum absolute atomic E-state index is 0.151. The molecule has 104 valence electrons. The molecule has 1 fully saturated rings. The summed E-state index contributed by atoms with van der Waals surface area (Å²) in [5.74, 6) is 0.795. The highest BCUT2D eigenvalue weighted by Crippen LogP contribution is 2.50. The van der Waals surface area contributed by atoms with Gasteiger partial charge in [-0.05, 0) is 36.8 Å². The van der Waals surface area contributed by atoms with Gasteiger partial charge in [-0.25, -0.2) is 0 Å². The van der Waals surface area contributed by atoms with Crippen molar-refractivity contribution in [3.8, 4) is 0 Å². The largest absolute Gasteiger partial charge is 0.342 e. The van der Waals surface area contributed by atoms with Crippen molar-refractivity contribution in [1.82, 2.24) is 4.90 Å². The lowest BCUT2D eigenvalue weighted by Gasteiger charge is -2.21. The molecule has 2 rings (SSSR count). The van der Waals surface area contributed by atoms with Crippen LogP contribution < -0.4 is 0 Å². The lowest BCUT2D eigenvalue weighted by atomic mass is 10.1. The van der Waals surface area contributed by atoms with Crippen LogP contribution in [-0.2, 0) is 4.79 Å². The maximum Gasteiger partial charge on any atom is 0.226 e. The number of halogens is 1. The second-order valence-corrected chi connectivity index (χ2v) is 5.70. The maximum absolute atomic E-state index is 12.5. The Morgan fingerprint density at radius 1 is 1.26 bits per heavy atom. The van der Waals surface area contributed by atoms with E-state index in [0.717, 1.165) is 42.9 Å². The van der Waals surface area contributed by atoms with E-state index in [1.807, 2.05) is 29.2 Å². The molecule has 2 unspecified atom stereocenters. The van der Waals surface area contributed by atoms with Gasteiger partial charge in [0.15, 0.2) is 0 Å². The Morgan fingerprint density at radius 2 is 1.89 bits per heavy atom. The van der Waals surface area contributed by atoms with Gasteiger partial charge >= 0.3 is 0 Å². The number of benzene rings is 1. The predicted molar refractivity (Wildman–Crippen MR) is 79.5 cm³/mol. The molecular weight excluding hydrogens is 258 g/mol. The second-order valence-electron chi connectivity index (χ2n) is 5.30. The van der Waals surface area contributed by atoms with E-state index >= 15 is 0 Å². The van der Waals surface area contributed by atoms with Gasteiger partial charge in [0, 0.05) is 24.0 Å². The summed E-state index contributed by atoms with van der Waals surface area (Å²) in [6, 6.07) is 7.89. The fourth-order valence-electron chi connectivity index (χ4n) is 2.69. The average Bonchev–Trinajstić information content (AvgIpc) is 3.18. The monoisotopic (exact) mass is 279 g/mol. The van der Waals surface area contributed by atoms with Gasteiger partial charge in [0.25, 0.3) is 0 Å². The van der Waals surface area contributed by atoms with E-state index in [2.05, 4.69) is 13.8 Å². The van der Waals surface area contributed by atoms with Crippen LogP contribution in [-0.4, -0.2) is 23.9 Å². The van der Waals surface area contributed by atoms with E-state index in [0.29, 0.717) is 11.8 Å². The Labute approximate surface area is 120 Å². The summed E-state index contributed by atoms with van der Waals surface area (Å²) >= 11 is 6.21. The maximum atomic E-state index is 12.5. The van der Waals surface area contributed by atoms with Gasteiger partial charge in [0.05, 0.1) is 0 Å². The zero-order chi connectivity index (χ0) is 13.8. The molecule has 1 aromatic carbocycles. The third-order valence-corrected chi connectivity index (χ3v) is 4.06. The van der Waals surface area contributed by atoms with Crippen LogP contribution in [0.15, 0.2) is 24.3 Å². The quantitative estimate of drug-likeness (QED) is 0.768. The lowest BCUT2D eigenvalue weighted by molar-refractivity contribution is -0.132. The topological polar surface area (TPSA) is 20.3 Å². The van der Waals surface area contributed by atoms with Crippen molar-refractivity contribution in [3.05, 3.63) is 34.9 Å². The van der Waals surface area contributed by atoms with Crippen molar-refractivity contribution in [1.29, 1.82) is 0 Å². The molecule has 1 aliphatic carbocycles. The average molecular weight is 280 g/mol.